The number of sulfone groups is 1. The number of urea groups is 1. The van der Waals surface area contributed by atoms with Crippen molar-refractivity contribution in [3.8, 4) is 0 Å². The van der Waals surface area contributed by atoms with Crippen molar-refractivity contribution in [2.24, 2.45) is 0 Å². The number of rotatable bonds is 6. The highest BCUT2D eigenvalue weighted by Crippen LogP contribution is 2.30. The van der Waals surface area contributed by atoms with Crippen LogP contribution in [-0.2, 0) is 33.1 Å². The molecule has 1 aromatic heterocycles. The number of carbonyl (C=O) groups is 2. The van der Waals surface area contributed by atoms with Gasteiger partial charge in [-0.1, -0.05) is 47.6 Å². The summed E-state index contributed by atoms with van der Waals surface area (Å²) < 4.78 is 28.6. The summed E-state index contributed by atoms with van der Waals surface area (Å²) in [5.41, 5.74) is 0.144. The lowest BCUT2D eigenvalue weighted by Gasteiger charge is -2.22. The van der Waals surface area contributed by atoms with E-state index in [0.717, 1.165) is 16.7 Å². The molecule has 3 aromatic rings. The maximum absolute atomic E-state index is 13.1. The molecule has 4 rings (SSSR count). The molecule has 2 aromatic carbocycles. The van der Waals surface area contributed by atoms with Crippen LogP contribution in [0.3, 0.4) is 0 Å². The minimum Gasteiger partial charge on any atom is -0.337 e. The van der Waals surface area contributed by atoms with E-state index in [4.69, 9.17) is 4.52 Å². The molecule has 0 spiro atoms. The van der Waals surface area contributed by atoms with Crippen molar-refractivity contribution in [2.75, 3.05) is 6.26 Å². The zero-order chi connectivity index (χ0) is 22.2. The van der Waals surface area contributed by atoms with Crippen LogP contribution < -0.4 is 5.32 Å². The van der Waals surface area contributed by atoms with Crippen LogP contribution in [0, 0.1) is 0 Å². The molecule has 1 aliphatic rings. The van der Waals surface area contributed by atoms with Gasteiger partial charge >= 0.3 is 6.03 Å². The maximum atomic E-state index is 13.1. The fourth-order valence-electron chi connectivity index (χ4n) is 3.41. The van der Waals surface area contributed by atoms with Gasteiger partial charge in [-0.2, -0.15) is 4.98 Å². The van der Waals surface area contributed by atoms with Crippen molar-refractivity contribution >= 4 is 21.8 Å². The summed E-state index contributed by atoms with van der Waals surface area (Å²) in [5, 5.41) is 6.59. The van der Waals surface area contributed by atoms with Crippen LogP contribution in [0.2, 0.25) is 0 Å². The van der Waals surface area contributed by atoms with Crippen LogP contribution in [0.1, 0.15) is 29.8 Å². The first kappa shape index (κ1) is 20.7. The van der Waals surface area contributed by atoms with Crippen molar-refractivity contribution in [3.05, 3.63) is 77.4 Å². The third kappa shape index (κ3) is 4.06. The number of hydrogen-bond donors (Lipinski definition) is 1. The predicted molar refractivity (Wildman–Crippen MR) is 110 cm³/mol. The van der Waals surface area contributed by atoms with E-state index in [2.05, 4.69) is 15.5 Å². The van der Waals surface area contributed by atoms with Crippen LogP contribution >= 0.6 is 0 Å². The molecule has 1 atom stereocenters. The van der Waals surface area contributed by atoms with E-state index < -0.39 is 27.3 Å². The Balaban J connectivity index is 1.51. The molecular formula is C21H20N4O5S. The Morgan fingerprint density at radius 2 is 1.74 bits per heavy atom. The van der Waals surface area contributed by atoms with Gasteiger partial charge in [0.2, 0.25) is 5.89 Å². The molecule has 9 nitrogen and oxygen atoms in total. The summed E-state index contributed by atoms with van der Waals surface area (Å²) in [6.07, 6.45) is 1.57. The Kier molecular flexibility index (Phi) is 5.10. The second kappa shape index (κ2) is 7.62. The Hall–Kier alpha value is -3.53. The molecule has 1 fully saturated rings. The zero-order valence-electron chi connectivity index (χ0n) is 16.9. The third-order valence-electron chi connectivity index (χ3n) is 5.14. The van der Waals surface area contributed by atoms with E-state index in [0.29, 0.717) is 17.8 Å². The van der Waals surface area contributed by atoms with Crippen LogP contribution in [-0.4, -0.2) is 41.7 Å². The van der Waals surface area contributed by atoms with E-state index >= 15 is 0 Å². The van der Waals surface area contributed by atoms with Gasteiger partial charge in [-0.05, 0) is 30.2 Å². The molecule has 2 heterocycles. The lowest BCUT2D eigenvalue weighted by Crippen LogP contribution is -2.40. The predicted octanol–water partition coefficient (Wildman–Crippen LogP) is 2.03. The first-order chi connectivity index (χ1) is 14.7. The van der Waals surface area contributed by atoms with E-state index in [1.54, 1.807) is 6.92 Å². The number of hydrogen-bond acceptors (Lipinski definition) is 7. The highest BCUT2D eigenvalue weighted by atomic mass is 32.2. The van der Waals surface area contributed by atoms with Gasteiger partial charge in [0.05, 0.1) is 4.90 Å². The Bertz CT molecular complexity index is 1240. The molecule has 1 N–H and O–H groups in total. The molecule has 31 heavy (non-hydrogen) atoms. The van der Waals surface area contributed by atoms with Crippen LogP contribution in [0.5, 0.6) is 0 Å². The molecule has 1 unspecified atom stereocenters. The fraction of sp³-hybridized carbons (Fsp3) is 0.238. The standard InChI is InChI=1S/C21H20N4O5S/c1-21(15-8-10-16(11-9-15)31(2,28)29)19(26)25(20(27)23-21)13-18-22-17(24-30-18)12-14-6-4-3-5-7-14/h3-11H,12-13H2,1-2H3,(H,23,27). The number of amides is 3. The summed E-state index contributed by atoms with van der Waals surface area (Å²) in [6, 6.07) is 14.9. The molecule has 1 saturated heterocycles. The average Bonchev–Trinajstić information content (AvgIpc) is 3.26. The SMILES string of the molecule is CC1(c2ccc(S(C)(=O)=O)cc2)NC(=O)N(Cc2nc(Cc3ccccc3)no2)C1=O. The molecule has 160 valence electrons. The second-order valence-corrected chi connectivity index (χ2v) is 9.53. The number of nitrogens with zero attached hydrogens (tertiary/aromatic N) is 3. The van der Waals surface area contributed by atoms with Gasteiger partial charge in [0.15, 0.2) is 15.7 Å². The minimum absolute atomic E-state index is 0.130. The number of nitrogens with one attached hydrogen (secondary N) is 1. The normalized spacial score (nSPS) is 19.0. The van der Waals surface area contributed by atoms with Crippen molar-refractivity contribution in [3.63, 3.8) is 0 Å². The van der Waals surface area contributed by atoms with Crippen molar-refractivity contribution in [2.45, 2.75) is 30.3 Å². The quantitative estimate of drug-likeness (QED) is 0.582. The molecule has 3 amide bonds. The Labute approximate surface area is 179 Å². The topological polar surface area (TPSA) is 122 Å². The van der Waals surface area contributed by atoms with E-state index in [1.807, 2.05) is 30.3 Å². The molecule has 10 heteroatoms. The zero-order valence-corrected chi connectivity index (χ0v) is 17.7. The summed E-state index contributed by atoms with van der Waals surface area (Å²) >= 11 is 0. The highest BCUT2D eigenvalue weighted by Gasteiger charge is 2.49. The van der Waals surface area contributed by atoms with Gasteiger partial charge in [0, 0.05) is 12.7 Å². The molecular weight excluding hydrogens is 420 g/mol. The van der Waals surface area contributed by atoms with Gasteiger partial charge in [0.1, 0.15) is 12.1 Å². The number of benzene rings is 2. The number of carbonyl (C=O) groups excluding carboxylic acids is 2. The monoisotopic (exact) mass is 440 g/mol. The van der Waals surface area contributed by atoms with Gasteiger partial charge in [-0.15, -0.1) is 0 Å². The average molecular weight is 440 g/mol. The second-order valence-electron chi connectivity index (χ2n) is 7.51. The first-order valence-electron chi connectivity index (χ1n) is 9.47. The van der Waals surface area contributed by atoms with E-state index in [9.17, 15) is 18.0 Å². The van der Waals surface area contributed by atoms with Gasteiger partial charge in [0.25, 0.3) is 5.91 Å². The minimum atomic E-state index is -3.37. The Morgan fingerprint density at radius 1 is 1.06 bits per heavy atom. The van der Waals surface area contributed by atoms with Crippen molar-refractivity contribution in [1.82, 2.24) is 20.4 Å². The van der Waals surface area contributed by atoms with Crippen molar-refractivity contribution in [1.29, 1.82) is 0 Å². The first-order valence-corrected chi connectivity index (χ1v) is 11.4. The molecule has 0 radical (unpaired) electrons. The smallest absolute Gasteiger partial charge is 0.325 e. The highest BCUT2D eigenvalue weighted by molar-refractivity contribution is 7.90. The fourth-order valence-corrected chi connectivity index (χ4v) is 4.04. The number of aromatic nitrogens is 2. The summed E-state index contributed by atoms with van der Waals surface area (Å²) in [4.78, 5) is 31.0. The summed E-state index contributed by atoms with van der Waals surface area (Å²) in [7, 11) is -3.37. The van der Waals surface area contributed by atoms with Gasteiger partial charge in [-0.25, -0.2) is 13.2 Å². The molecule has 1 aliphatic heterocycles. The van der Waals surface area contributed by atoms with E-state index in [-0.39, 0.29) is 17.3 Å². The van der Waals surface area contributed by atoms with Crippen molar-refractivity contribution < 1.29 is 22.5 Å². The van der Waals surface area contributed by atoms with Gasteiger partial charge in [-0.3, -0.25) is 9.69 Å². The number of imide groups is 1. The van der Waals surface area contributed by atoms with E-state index in [1.165, 1.54) is 24.3 Å². The lowest BCUT2D eigenvalue weighted by atomic mass is 9.92. The molecule has 0 aliphatic carbocycles. The summed E-state index contributed by atoms with van der Waals surface area (Å²) in [6.45, 7) is 1.40. The third-order valence-corrected chi connectivity index (χ3v) is 6.27. The van der Waals surface area contributed by atoms with Crippen LogP contribution in [0.15, 0.2) is 64.0 Å². The molecule has 0 bridgehead atoms. The maximum Gasteiger partial charge on any atom is 0.325 e. The van der Waals surface area contributed by atoms with Crippen LogP contribution in [0.4, 0.5) is 4.79 Å². The Morgan fingerprint density at radius 3 is 2.39 bits per heavy atom. The largest absolute Gasteiger partial charge is 0.337 e. The molecule has 0 saturated carbocycles. The van der Waals surface area contributed by atoms with Crippen LogP contribution in [0.25, 0.3) is 0 Å². The lowest BCUT2D eigenvalue weighted by molar-refractivity contribution is -0.131. The summed E-state index contributed by atoms with van der Waals surface area (Å²) in [5.74, 6) is 0.103. The van der Waals surface area contributed by atoms with Gasteiger partial charge < -0.3 is 9.84 Å².